The summed E-state index contributed by atoms with van der Waals surface area (Å²) in [5.41, 5.74) is 1.50. The zero-order chi connectivity index (χ0) is 11.1. The van der Waals surface area contributed by atoms with Crippen LogP contribution in [-0.2, 0) is 5.41 Å². The van der Waals surface area contributed by atoms with Crippen LogP contribution >= 0.6 is 11.6 Å². The monoisotopic (exact) mass is 218 g/mol. The molecule has 76 valence electrons. The molecule has 15 heavy (non-hydrogen) atoms. The molecule has 0 radical (unpaired) electrons. The van der Waals surface area contributed by atoms with Crippen molar-refractivity contribution in [2.75, 3.05) is 0 Å². The number of aromatic nitrogens is 1. The first kappa shape index (κ1) is 10.1. The van der Waals surface area contributed by atoms with E-state index in [0.29, 0.717) is 5.02 Å². The molecule has 2 aromatic rings. The molecule has 2 rings (SSSR count). The number of fused-ring (bicyclic) bond motifs is 1. The second-order valence-corrected chi connectivity index (χ2v) is 4.57. The van der Waals surface area contributed by atoms with Gasteiger partial charge >= 0.3 is 0 Å². The lowest BCUT2D eigenvalue weighted by Gasteiger charge is -2.13. The summed E-state index contributed by atoms with van der Waals surface area (Å²) < 4.78 is 0. The fraction of sp³-hybridized carbons (Fsp3) is 0.250. The summed E-state index contributed by atoms with van der Waals surface area (Å²) in [7, 11) is 0. The third-order valence-corrected chi connectivity index (χ3v) is 2.83. The zero-order valence-electron chi connectivity index (χ0n) is 8.63. The van der Waals surface area contributed by atoms with Crippen LogP contribution in [-0.4, -0.2) is 4.98 Å². The van der Waals surface area contributed by atoms with E-state index in [1.165, 1.54) is 0 Å². The molecular formula is C12H11ClN2. The van der Waals surface area contributed by atoms with Crippen LogP contribution in [0.25, 0.3) is 10.9 Å². The molecule has 0 saturated heterocycles. The Labute approximate surface area is 93.5 Å². The predicted molar refractivity (Wildman–Crippen MR) is 61.9 cm³/mol. The molecule has 1 heterocycles. The molecule has 3 heteroatoms. The lowest BCUT2D eigenvalue weighted by molar-refractivity contribution is 0.693. The van der Waals surface area contributed by atoms with Gasteiger partial charge in [0.05, 0.1) is 11.5 Å². The summed E-state index contributed by atoms with van der Waals surface area (Å²) in [6.07, 6.45) is 1.88. The van der Waals surface area contributed by atoms with E-state index < -0.39 is 5.41 Å². The van der Waals surface area contributed by atoms with Crippen LogP contribution in [0.3, 0.4) is 0 Å². The minimum absolute atomic E-state index is 0.480. The van der Waals surface area contributed by atoms with Gasteiger partial charge in [0.2, 0.25) is 0 Å². The van der Waals surface area contributed by atoms with E-state index in [1.54, 1.807) is 0 Å². The molecule has 0 unspecified atom stereocenters. The number of nitriles is 1. The summed E-state index contributed by atoms with van der Waals surface area (Å²) in [6, 6.07) is 7.96. The summed E-state index contributed by atoms with van der Waals surface area (Å²) >= 11 is 5.89. The highest BCUT2D eigenvalue weighted by Crippen LogP contribution is 2.30. The van der Waals surface area contributed by atoms with Crippen LogP contribution in [0.4, 0.5) is 0 Å². The van der Waals surface area contributed by atoms with Crippen molar-refractivity contribution in [3.8, 4) is 6.07 Å². The highest BCUT2D eigenvalue weighted by molar-refractivity contribution is 6.31. The fourth-order valence-electron chi connectivity index (χ4n) is 1.68. The Hall–Kier alpha value is -1.46. The van der Waals surface area contributed by atoms with E-state index in [4.69, 9.17) is 16.9 Å². The van der Waals surface area contributed by atoms with Gasteiger partial charge in [-0.25, -0.2) is 0 Å². The Morgan fingerprint density at radius 2 is 2.13 bits per heavy atom. The van der Waals surface area contributed by atoms with Crippen LogP contribution in [0.1, 0.15) is 19.4 Å². The highest BCUT2D eigenvalue weighted by atomic mass is 35.5. The Kier molecular flexibility index (Phi) is 2.21. The normalized spacial score (nSPS) is 11.6. The highest BCUT2D eigenvalue weighted by Gasteiger charge is 2.23. The topological polar surface area (TPSA) is 39.6 Å². The van der Waals surface area contributed by atoms with E-state index in [2.05, 4.69) is 11.1 Å². The Balaban J connectivity index is 2.71. The van der Waals surface area contributed by atoms with Gasteiger partial charge in [0, 0.05) is 22.1 Å². The van der Waals surface area contributed by atoms with Crippen LogP contribution in [0, 0.1) is 11.3 Å². The molecule has 0 aliphatic heterocycles. The molecule has 0 fully saturated rings. The van der Waals surface area contributed by atoms with Gasteiger partial charge in [-0.2, -0.15) is 5.26 Å². The van der Waals surface area contributed by atoms with Crippen molar-refractivity contribution in [3.63, 3.8) is 0 Å². The van der Waals surface area contributed by atoms with Gasteiger partial charge in [-0.15, -0.1) is 0 Å². The van der Waals surface area contributed by atoms with E-state index in [-0.39, 0.29) is 0 Å². The van der Waals surface area contributed by atoms with Gasteiger partial charge in [-0.1, -0.05) is 17.7 Å². The number of nitrogens with one attached hydrogen (secondary N) is 1. The fourth-order valence-corrected chi connectivity index (χ4v) is 1.85. The summed E-state index contributed by atoms with van der Waals surface area (Å²) in [5, 5.41) is 10.9. The van der Waals surface area contributed by atoms with Gasteiger partial charge in [0.1, 0.15) is 0 Å². The third kappa shape index (κ3) is 1.60. The van der Waals surface area contributed by atoms with E-state index in [0.717, 1.165) is 16.5 Å². The molecule has 0 saturated carbocycles. The molecule has 1 N–H and O–H groups in total. The summed E-state index contributed by atoms with van der Waals surface area (Å²) in [5.74, 6) is 0. The Bertz CT molecular complexity index is 546. The van der Waals surface area contributed by atoms with Crippen molar-refractivity contribution in [1.29, 1.82) is 5.26 Å². The standard InChI is InChI=1S/C12H11ClN2/c1-12(2,7-14)10-6-15-11-5-8(13)3-4-9(10)11/h3-6,15H,1-2H3. The number of rotatable bonds is 1. The number of nitrogens with zero attached hydrogens (tertiary/aromatic N) is 1. The first-order valence-electron chi connectivity index (χ1n) is 4.73. The number of halogens is 1. The molecule has 0 spiro atoms. The molecule has 0 bridgehead atoms. The Morgan fingerprint density at radius 3 is 2.80 bits per heavy atom. The van der Waals surface area contributed by atoms with E-state index in [1.807, 2.05) is 38.2 Å². The molecule has 1 aromatic heterocycles. The number of hydrogen-bond donors (Lipinski definition) is 1. The Morgan fingerprint density at radius 1 is 1.40 bits per heavy atom. The van der Waals surface area contributed by atoms with Crippen LogP contribution in [0.5, 0.6) is 0 Å². The minimum atomic E-state index is -0.480. The van der Waals surface area contributed by atoms with Crippen LogP contribution < -0.4 is 0 Å². The van der Waals surface area contributed by atoms with Gasteiger partial charge < -0.3 is 4.98 Å². The lowest BCUT2D eigenvalue weighted by Crippen LogP contribution is -2.12. The first-order chi connectivity index (χ1) is 7.04. The zero-order valence-corrected chi connectivity index (χ0v) is 9.39. The predicted octanol–water partition coefficient (Wildman–Crippen LogP) is 3.62. The minimum Gasteiger partial charge on any atom is -0.361 e. The maximum Gasteiger partial charge on any atom is 0.0786 e. The molecule has 0 aliphatic rings. The third-order valence-electron chi connectivity index (χ3n) is 2.60. The van der Waals surface area contributed by atoms with Gasteiger partial charge in [-0.3, -0.25) is 0 Å². The van der Waals surface area contributed by atoms with E-state index in [9.17, 15) is 0 Å². The quantitative estimate of drug-likeness (QED) is 0.780. The largest absolute Gasteiger partial charge is 0.361 e. The van der Waals surface area contributed by atoms with Gasteiger partial charge in [-0.05, 0) is 31.5 Å². The van der Waals surface area contributed by atoms with Crippen molar-refractivity contribution in [1.82, 2.24) is 4.98 Å². The molecule has 0 amide bonds. The van der Waals surface area contributed by atoms with Crippen molar-refractivity contribution in [2.45, 2.75) is 19.3 Å². The average Bonchev–Trinajstić information content (AvgIpc) is 2.61. The number of H-pyrrole nitrogens is 1. The second kappa shape index (κ2) is 3.29. The maximum atomic E-state index is 9.09. The molecular weight excluding hydrogens is 208 g/mol. The van der Waals surface area contributed by atoms with Crippen molar-refractivity contribution in [3.05, 3.63) is 35.0 Å². The summed E-state index contributed by atoms with van der Waals surface area (Å²) in [6.45, 7) is 3.81. The number of aromatic amines is 1. The molecule has 2 nitrogen and oxygen atoms in total. The molecule has 0 atom stereocenters. The molecule has 1 aromatic carbocycles. The van der Waals surface area contributed by atoms with Gasteiger partial charge in [0.15, 0.2) is 0 Å². The second-order valence-electron chi connectivity index (χ2n) is 4.13. The summed E-state index contributed by atoms with van der Waals surface area (Å²) in [4.78, 5) is 3.13. The molecule has 0 aliphatic carbocycles. The van der Waals surface area contributed by atoms with Crippen molar-refractivity contribution in [2.24, 2.45) is 0 Å². The average molecular weight is 219 g/mol. The SMILES string of the molecule is CC(C)(C#N)c1c[nH]c2cc(Cl)ccc12. The number of hydrogen-bond acceptors (Lipinski definition) is 1. The van der Waals surface area contributed by atoms with E-state index >= 15 is 0 Å². The van der Waals surface area contributed by atoms with Crippen molar-refractivity contribution >= 4 is 22.5 Å². The number of benzene rings is 1. The maximum absolute atomic E-state index is 9.09. The van der Waals surface area contributed by atoms with Crippen LogP contribution in [0.15, 0.2) is 24.4 Å². The lowest BCUT2D eigenvalue weighted by atomic mass is 9.86. The smallest absolute Gasteiger partial charge is 0.0786 e. The van der Waals surface area contributed by atoms with Crippen molar-refractivity contribution < 1.29 is 0 Å². The first-order valence-corrected chi connectivity index (χ1v) is 5.11. The van der Waals surface area contributed by atoms with Crippen LogP contribution in [0.2, 0.25) is 5.02 Å². The van der Waals surface area contributed by atoms with Gasteiger partial charge in [0.25, 0.3) is 0 Å².